The van der Waals surface area contributed by atoms with Crippen molar-refractivity contribution in [3.05, 3.63) is 88.4 Å². The van der Waals surface area contributed by atoms with Crippen LogP contribution in [0.15, 0.2) is 76.5 Å². The van der Waals surface area contributed by atoms with Crippen LogP contribution in [0, 0.1) is 0 Å². The van der Waals surface area contributed by atoms with Crippen LogP contribution in [-0.4, -0.2) is 53.2 Å². The Morgan fingerprint density at radius 1 is 0.816 bits per heavy atom. The van der Waals surface area contributed by atoms with Crippen molar-refractivity contribution in [1.82, 2.24) is 9.62 Å². The second-order valence-electron chi connectivity index (χ2n) is 9.39. The second-order valence-corrected chi connectivity index (χ2v) is 13.6. The van der Waals surface area contributed by atoms with Gasteiger partial charge in [-0.05, 0) is 91.4 Å². The van der Waals surface area contributed by atoms with Gasteiger partial charge in [0, 0.05) is 36.8 Å². The van der Waals surface area contributed by atoms with Crippen molar-refractivity contribution >= 4 is 43.2 Å². The van der Waals surface area contributed by atoms with Gasteiger partial charge < -0.3 is 5.32 Å². The first kappa shape index (κ1) is 26.7. The van der Waals surface area contributed by atoms with Crippen LogP contribution in [0.25, 0.3) is 0 Å². The van der Waals surface area contributed by atoms with Crippen molar-refractivity contribution in [2.75, 3.05) is 30.5 Å². The highest BCUT2D eigenvalue weighted by atomic mass is 35.5. The number of anilines is 1. The Hall–Kier alpha value is -2.92. The molecule has 2 heterocycles. The summed E-state index contributed by atoms with van der Waals surface area (Å²) in [6, 6.07) is 17.9. The summed E-state index contributed by atoms with van der Waals surface area (Å²) in [5, 5.41) is 3.35. The van der Waals surface area contributed by atoms with E-state index in [2.05, 4.69) is 5.32 Å². The molecule has 0 unspecified atom stereocenters. The smallest absolute Gasteiger partial charge is 0.264 e. The Bertz CT molecular complexity index is 1550. The van der Waals surface area contributed by atoms with Crippen LogP contribution in [0.2, 0.25) is 5.02 Å². The first-order valence-corrected chi connectivity index (χ1v) is 15.7. The van der Waals surface area contributed by atoms with Gasteiger partial charge in [0.1, 0.15) is 0 Å². The van der Waals surface area contributed by atoms with Gasteiger partial charge in [0.05, 0.1) is 15.5 Å². The lowest BCUT2D eigenvalue weighted by atomic mass is 10.1. The first-order valence-electron chi connectivity index (χ1n) is 12.4. The Morgan fingerprint density at radius 3 is 2.13 bits per heavy atom. The van der Waals surface area contributed by atoms with Crippen molar-refractivity contribution in [2.45, 2.75) is 35.5 Å². The maximum Gasteiger partial charge on any atom is 0.264 e. The van der Waals surface area contributed by atoms with E-state index in [1.165, 1.54) is 20.7 Å². The van der Waals surface area contributed by atoms with Crippen LogP contribution >= 0.6 is 11.6 Å². The molecular formula is C27H28ClN3O5S2. The molecule has 11 heteroatoms. The minimum atomic E-state index is -3.73. The quantitative estimate of drug-likeness (QED) is 0.441. The van der Waals surface area contributed by atoms with Crippen molar-refractivity contribution in [3.8, 4) is 0 Å². The van der Waals surface area contributed by atoms with Crippen molar-refractivity contribution in [2.24, 2.45) is 0 Å². The van der Waals surface area contributed by atoms with Crippen LogP contribution in [-0.2, 0) is 32.9 Å². The SMILES string of the molecule is O=C(NCCc1ccc(S(=O)(=O)N2CCCC2)cc1)c1ccc2c(c1)CCN2S(=O)(=O)c1ccc(Cl)cc1. The Balaban J connectivity index is 1.19. The van der Waals surface area contributed by atoms with Gasteiger partial charge in [-0.25, -0.2) is 16.8 Å². The highest BCUT2D eigenvalue weighted by Crippen LogP contribution is 2.34. The number of carbonyl (C=O) groups is 1. The van der Waals surface area contributed by atoms with E-state index in [1.54, 1.807) is 54.6 Å². The number of rotatable bonds is 8. The summed E-state index contributed by atoms with van der Waals surface area (Å²) in [6.45, 7) is 1.81. The predicted molar refractivity (Wildman–Crippen MR) is 147 cm³/mol. The standard InChI is InChI=1S/C27H28ClN3O5S2/c28-23-6-10-25(11-7-23)38(35,36)31-18-14-21-19-22(5-12-26(21)31)27(32)29-15-13-20-3-8-24(9-4-20)37(33,34)30-16-1-2-17-30/h3-12,19H,1-2,13-18H2,(H,29,32). The number of halogens is 1. The van der Waals surface area contributed by atoms with E-state index < -0.39 is 20.0 Å². The molecule has 5 rings (SSSR count). The number of hydrogen-bond acceptors (Lipinski definition) is 5. The number of fused-ring (bicyclic) bond motifs is 1. The largest absolute Gasteiger partial charge is 0.352 e. The van der Waals surface area contributed by atoms with Gasteiger partial charge in [-0.2, -0.15) is 4.31 Å². The molecule has 1 amide bonds. The Kier molecular flexibility index (Phi) is 7.50. The van der Waals surface area contributed by atoms with Gasteiger partial charge in [0.15, 0.2) is 0 Å². The van der Waals surface area contributed by atoms with E-state index in [1.807, 2.05) is 0 Å². The fraction of sp³-hybridized carbons (Fsp3) is 0.296. The zero-order valence-electron chi connectivity index (χ0n) is 20.6. The van der Waals surface area contributed by atoms with Crippen molar-refractivity contribution < 1.29 is 21.6 Å². The molecule has 200 valence electrons. The molecule has 0 aromatic heterocycles. The molecule has 3 aromatic carbocycles. The number of carbonyl (C=O) groups excluding carboxylic acids is 1. The lowest BCUT2D eigenvalue weighted by Crippen LogP contribution is -2.29. The zero-order chi connectivity index (χ0) is 26.9. The lowest BCUT2D eigenvalue weighted by Gasteiger charge is -2.19. The van der Waals surface area contributed by atoms with E-state index in [0.717, 1.165) is 24.0 Å². The van der Waals surface area contributed by atoms with E-state index in [4.69, 9.17) is 11.6 Å². The van der Waals surface area contributed by atoms with Gasteiger partial charge in [-0.15, -0.1) is 0 Å². The first-order chi connectivity index (χ1) is 18.2. The molecule has 2 aliphatic heterocycles. The maximum absolute atomic E-state index is 13.1. The number of benzene rings is 3. The molecule has 3 aromatic rings. The Morgan fingerprint density at radius 2 is 1.45 bits per heavy atom. The number of amides is 1. The molecule has 1 N–H and O–H groups in total. The van der Waals surface area contributed by atoms with Gasteiger partial charge in [-0.3, -0.25) is 9.10 Å². The van der Waals surface area contributed by atoms with Gasteiger partial charge in [-0.1, -0.05) is 23.7 Å². The summed E-state index contributed by atoms with van der Waals surface area (Å²) in [5.74, 6) is -0.250. The van der Waals surface area contributed by atoms with Crippen LogP contribution in [0.1, 0.15) is 34.3 Å². The summed E-state index contributed by atoms with van der Waals surface area (Å²) >= 11 is 5.90. The van der Waals surface area contributed by atoms with Crippen LogP contribution in [0.3, 0.4) is 0 Å². The number of sulfonamides is 2. The zero-order valence-corrected chi connectivity index (χ0v) is 23.0. The molecule has 0 spiro atoms. The summed E-state index contributed by atoms with van der Waals surface area (Å²) in [6.07, 6.45) is 2.84. The number of nitrogens with zero attached hydrogens (tertiary/aromatic N) is 2. The summed E-state index contributed by atoms with van der Waals surface area (Å²) in [4.78, 5) is 13.2. The average Bonchev–Trinajstić information content (AvgIpc) is 3.60. The molecule has 0 atom stereocenters. The lowest BCUT2D eigenvalue weighted by molar-refractivity contribution is 0.0954. The molecule has 38 heavy (non-hydrogen) atoms. The van der Waals surface area contributed by atoms with Crippen molar-refractivity contribution in [3.63, 3.8) is 0 Å². The van der Waals surface area contributed by atoms with E-state index in [0.29, 0.717) is 55.3 Å². The average molecular weight is 574 g/mol. The van der Waals surface area contributed by atoms with Crippen LogP contribution in [0.4, 0.5) is 5.69 Å². The van der Waals surface area contributed by atoms with E-state index >= 15 is 0 Å². The van der Waals surface area contributed by atoms with Crippen LogP contribution in [0.5, 0.6) is 0 Å². The molecule has 0 radical (unpaired) electrons. The molecule has 2 aliphatic rings. The van der Waals surface area contributed by atoms with Crippen molar-refractivity contribution in [1.29, 1.82) is 0 Å². The number of nitrogens with one attached hydrogen (secondary N) is 1. The fourth-order valence-electron chi connectivity index (χ4n) is 4.82. The Labute approximate surface area is 228 Å². The van der Waals surface area contributed by atoms with Crippen LogP contribution < -0.4 is 9.62 Å². The molecule has 8 nitrogen and oxygen atoms in total. The number of hydrogen-bond donors (Lipinski definition) is 1. The topological polar surface area (TPSA) is 104 Å². The highest BCUT2D eigenvalue weighted by Gasteiger charge is 2.31. The molecule has 0 bridgehead atoms. The summed E-state index contributed by atoms with van der Waals surface area (Å²) < 4.78 is 54.5. The third kappa shape index (κ3) is 5.31. The third-order valence-corrected chi connectivity index (χ3v) is 10.9. The molecule has 0 saturated carbocycles. The third-order valence-electron chi connectivity index (χ3n) is 6.92. The van der Waals surface area contributed by atoms with Gasteiger partial charge in [0.25, 0.3) is 15.9 Å². The van der Waals surface area contributed by atoms with E-state index in [-0.39, 0.29) is 15.7 Å². The highest BCUT2D eigenvalue weighted by molar-refractivity contribution is 7.92. The normalized spacial score (nSPS) is 16.0. The predicted octanol–water partition coefficient (Wildman–Crippen LogP) is 3.85. The van der Waals surface area contributed by atoms with E-state index in [9.17, 15) is 21.6 Å². The maximum atomic E-state index is 13.1. The molecular weight excluding hydrogens is 546 g/mol. The van der Waals surface area contributed by atoms with Gasteiger partial charge >= 0.3 is 0 Å². The minimum absolute atomic E-state index is 0.165. The monoisotopic (exact) mass is 573 g/mol. The minimum Gasteiger partial charge on any atom is -0.352 e. The summed E-state index contributed by atoms with van der Waals surface area (Å²) in [5.41, 5.74) is 2.75. The second kappa shape index (κ2) is 10.7. The molecule has 1 fully saturated rings. The molecule has 1 saturated heterocycles. The molecule has 0 aliphatic carbocycles. The fourth-order valence-corrected chi connectivity index (χ4v) is 7.97. The summed E-state index contributed by atoms with van der Waals surface area (Å²) in [7, 11) is -7.17. The van der Waals surface area contributed by atoms with Gasteiger partial charge in [0.2, 0.25) is 10.0 Å².